The van der Waals surface area contributed by atoms with E-state index < -0.39 is 0 Å². The summed E-state index contributed by atoms with van der Waals surface area (Å²) in [6.07, 6.45) is 2.14. The Morgan fingerprint density at radius 2 is 1.81 bits per heavy atom. The van der Waals surface area contributed by atoms with Crippen molar-refractivity contribution in [3.63, 3.8) is 0 Å². The highest BCUT2D eigenvalue weighted by Crippen LogP contribution is 2.27. The van der Waals surface area contributed by atoms with Crippen LogP contribution in [0.3, 0.4) is 0 Å². The molecule has 0 N–H and O–H groups in total. The fourth-order valence-electron chi connectivity index (χ4n) is 3.51. The van der Waals surface area contributed by atoms with E-state index >= 15 is 0 Å². The van der Waals surface area contributed by atoms with Crippen LogP contribution in [0.2, 0.25) is 0 Å². The fraction of sp³-hybridized carbons (Fsp3) is 0.400. The lowest BCUT2D eigenvalue weighted by Crippen LogP contribution is -2.32. The van der Waals surface area contributed by atoms with Gasteiger partial charge in [-0.1, -0.05) is 0 Å². The first-order valence-electron chi connectivity index (χ1n) is 9.02. The first-order valence-corrected chi connectivity index (χ1v) is 9.84. The third-order valence-corrected chi connectivity index (χ3v) is 5.91. The zero-order valence-corrected chi connectivity index (χ0v) is 15.7. The summed E-state index contributed by atoms with van der Waals surface area (Å²) in [6.45, 7) is 5.12. The average Bonchev–Trinajstić information content (AvgIpc) is 3.28. The quantitative estimate of drug-likeness (QED) is 0.815. The lowest BCUT2D eigenvalue weighted by atomic mass is 10.1. The standard InChI is InChI=1S/C20H22N2O3S/c1-14-4-7-18(26-14)20(24)22-10-11-25-17-6-5-15(12-16(17)13-22)19(23)21-8-2-3-9-21/h4-7,12H,2-3,8-11,13H2,1H3. The molecule has 0 bridgehead atoms. The van der Waals surface area contributed by atoms with Gasteiger partial charge in [-0.25, -0.2) is 0 Å². The Balaban J connectivity index is 1.57. The molecule has 1 aromatic heterocycles. The molecule has 2 aliphatic heterocycles. The van der Waals surface area contributed by atoms with Gasteiger partial charge in [0.15, 0.2) is 0 Å². The summed E-state index contributed by atoms with van der Waals surface area (Å²) in [5, 5.41) is 0. The lowest BCUT2D eigenvalue weighted by Gasteiger charge is -2.20. The zero-order valence-electron chi connectivity index (χ0n) is 14.9. The van der Waals surface area contributed by atoms with E-state index in [1.54, 1.807) is 4.90 Å². The van der Waals surface area contributed by atoms with Crippen LogP contribution >= 0.6 is 11.3 Å². The number of hydrogen-bond acceptors (Lipinski definition) is 4. The summed E-state index contributed by atoms with van der Waals surface area (Å²) in [7, 11) is 0. The number of nitrogens with zero attached hydrogens (tertiary/aromatic N) is 2. The van der Waals surface area contributed by atoms with Crippen molar-refractivity contribution < 1.29 is 14.3 Å². The molecule has 0 unspecified atom stereocenters. The van der Waals surface area contributed by atoms with E-state index in [9.17, 15) is 9.59 Å². The van der Waals surface area contributed by atoms with Crippen molar-refractivity contribution in [1.29, 1.82) is 0 Å². The number of rotatable bonds is 2. The van der Waals surface area contributed by atoms with Crippen LogP contribution in [0.15, 0.2) is 30.3 Å². The normalized spacial score (nSPS) is 16.8. The molecular formula is C20H22N2O3S. The van der Waals surface area contributed by atoms with E-state index in [2.05, 4.69) is 0 Å². The van der Waals surface area contributed by atoms with Gasteiger partial charge in [0.25, 0.3) is 11.8 Å². The molecule has 5 nitrogen and oxygen atoms in total. The predicted molar refractivity (Wildman–Crippen MR) is 101 cm³/mol. The highest BCUT2D eigenvalue weighted by atomic mass is 32.1. The molecule has 0 radical (unpaired) electrons. The summed E-state index contributed by atoms with van der Waals surface area (Å²) < 4.78 is 5.81. The second-order valence-electron chi connectivity index (χ2n) is 6.81. The van der Waals surface area contributed by atoms with Gasteiger partial charge in [-0.2, -0.15) is 0 Å². The average molecular weight is 370 g/mol. The van der Waals surface area contributed by atoms with Gasteiger partial charge >= 0.3 is 0 Å². The van der Waals surface area contributed by atoms with Crippen LogP contribution in [0.1, 0.15) is 43.3 Å². The van der Waals surface area contributed by atoms with Crippen molar-refractivity contribution in [1.82, 2.24) is 9.80 Å². The molecule has 2 amide bonds. The first kappa shape index (κ1) is 17.1. The summed E-state index contributed by atoms with van der Waals surface area (Å²) in [5.41, 5.74) is 1.57. The number of likely N-dealkylation sites (tertiary alicyclic amines) is 1. The molecule has 1 fully saturated rings. The SMILES string of the molecule is Cc1ccc(C(=O)N2CCOc3ccc(C(=O)N4CCCC4)cc3C2)s1. The van der Waals surface area contributed by atoms with E-state index in [0.29, 0.717) is 25.3 Å². The van der Waals surface area contributed by atoms with E-state index in [0.717, 1.165) is 47.0 Å². The highest BCUT2D eigenvalue weighted by molar-refractivity contribution is 7.13. The zero-order chi connectivity index (χ0) is 18.1. The van der Waals surface area contributed by atoms with Crippen LogP contribution in [-0.2, 0) is 6.54 Å². The maximum Gasteiger partial charge on any atom is 0.264 e. The molecule has 26 heavy (non-hydrogen) atoms. The number of carbonyl (C=O) groups excluding carboxylic acids is 2. The Morgan fingerprint density at radius 3 is 2.54 bits per heavy atom. The monoisotopic (exact) mass is 370 g/mol. The van der Waals surface area contributed by atoms with Gasteiger partial charge in [-0.15, -0.1) is 11.3 Å². The van der Waals surface area contributed by atoms with Crippen LogP contribution in [0.25, 0.3) is 0 Å². The largest absolute Gasteiger partial charge is 0.491 e. The van der Waals surface area contributed by atoms with Crippen LogP contribution in [0.5, 0.6) is 5.75 Å². The molecule has 0 spiro atoms. The Hall–Kier alpha value is -2.34. The van der Waals surface area contributed by atoms with Gasteiger partial charge in [-0.3, -0.25) is 9.59 Å². The molecule has 0 aliphatic carbocycles. The second-order valence-corrected chi connectivity index (χ2v) is 8.10. The molecule has 1 saturated heterocycles. The number of aryl methyl sites for hydroxylation is 1. The van der Waals surface area contributed by atoms with Crippen molar-refractivity contribution in [3.8, 4) is 5.75 Å². The molecule has 2 aliphatic rings. The minimum absolute atomic E-state index is 0.0239. The van der Waals surface area contributed by atoms with Crippen molar-refractivity contribution in [2.45, 2.75) is 26.3 Å². The van der Waals surface area contributed by atoms with Gasteiger partial charge in [-0.05, 0) is 50.1 Å². The molecule has 0 atom stereocenters. The summed E-state index contributed by atoms with van der Waals surface area (Å²) in [4.78, 5) is 31.0. The maximum absolute atomic E-state index is 12.8. The molecule has 6 heteroatoms. The van der Waals surface area contributed by atoms with Crippen LogP contribution in [0.4, 0.5) is 0 Å². The topological polar surface area (TPSA) is 49.9 Å². The predicted octanol–water partition coefficient (Wildman–Crippen LogP) is 3.33. The first-order chi connectivity index (χ1) is 12.6. The van der Waals surface area contributed by atoms with Gasteiger partial charge in [0.05, 0.1) is 11.4 Å². The molecule has 1 aromatic carbocycles. The lowest BCUT2D eigenvalue weighted by molar-refractivity contribution is 0.0738. The van der Waals surface area contributed by atoms with Crippen molar-refractivity contribution in [2.75, 3.05) is 26.2 Å². The number of hydrogen-bond donors (Lipinski definition) is 0. The molecule has 2 aromatic rings. The minimum atomic E-state index is 0.0239. The Kier molecular flexibility index (Phi) is 4.68. The van der Waals surface area contributed by atoms with Gasteiger partial charge in [0, 0.05) is 35.6 Å². The number of ether oxygens (including phenoxy) is 1. The van der Waals surface area contributed by atoms with Crippen LogP contribution in [0, 0.1) is 6.92 Å². The second kappa shape index (κ2) is 7.11. The highest BCUT2D eigenvalue weighted by Gasteiger charge is 2.24. The maximum atomic E-state index is 12.8. The van der Waals surface area contributed by atoms with Crippen molar-refractivity contribution in [2.24, 2.45) is 0 Å². The molecule has 4 rings (SSSR count). The summed E-state index contributed by atoms with van der Waals surface area (Å²) in [6, 6.07) is 9.43. The fourth-order valence-corrected chi connectivity index (χ4v) is 4.34. The summed E-state index contributed by atoms with van der Waals surface area (Å²) in [5.74, 6) is 0.859. The smallest absolute Gasteiger partial charge is 0.264 e. The van der Waals surface area contributed by atoms with Crippen LogP contribution in [-0.4, -0.2) is 47.9 Å². The third kappa shape index (κ3) is 3.33. The van der Waals surface area contributed by atoms with Gasteiger partial charge in [0.2, 0.25) is 0 Å². The van der Waals surface area contributed by atoms with Crippen LogP contribution < -0.4 is 4.74 Å². The molecule has 0 saturated carbocycles. The number of thiophene rings is 1. The van der Waals surface area contributed by atoms with Crippen molar-refractivity contribution in [3.05, 3.63) is 51.2 Å². The van der Waals surface area contributed by atoms with E-state index in [-0.39, 0.29) is 11.8 Å². The number of carbonyl (C=O) groups is 2. The number of amides is 2. The minimum Gasteiger partial charge on any atom is -0.491 e. The van der Waals surface area contributed by atoms with E-state index in [1.165, 1.54) is 11.3 Å². The number of benzene rings is 1. The Labute approximate surface area is 157 Å². The molecule has 136 valence electrons. The summed E-state index contributed by atoms with van der Waals surface area (Å²) >= 11 is 1.51. The Morgan fingerprint density at radius 1 is 1.00 bits per heavy atom. The van der Waals surface area contributed by atoms with Crippen molar-refractivity contribution >= 4 is 23.2 Å². The van der Waals surface area contributed by atoms with E-state index in [4.69, 9.17) is 4.74 Å². The molecule has 3 heterocycles. The van der Waals surface area contributed by atoms with Gasteiger partial charge < -0.3 is 14.5 Å². The number of fused-ring (bicyclic) bond motifs is 1. The third-order valence-electron chi connectivity index (χ3n) is 4.92. The van der Waals surface area contributed by atoms with Gasteiger partial charge in [0.1, 0.15) is 12.4 Å². The molecular weight excluding hydrogens is 348 g/mol. The Bertz CT molecular complexity index is 839. The van der Waals surface area contributed by atoms with E-state index in [1.807, 2.05) is 42.2 Å².